The van der Waals surface area contributed by atoms with Crippen molar-refractivity contribution in [3.05, 3.63) is 11.6 Å². The van der Waals surface area contributed by atoms with Crippen molar-refractivity contribution in [2.75, 3.05) is 6.61 Å². The van der Waals surface area contributed by atoms with Crippen molar-refractivity contribution in [1.82, 2.24) is 0 Å². The molecule has 0 bridgehead atoms. The van der Waals surface area contributed by atoms with Crippen LogP contribution in [0.25, 0.3) is 0 Å². The second-order valence-electron chi connectivity index (χ2n) is 5.82. The molecule has 0 radical (unpaired) electrons. The van der Waals surface area contributed by atoms with E-state index in [9.17, 15) is 4.79 Å². The Hall–Kier alpha value is -0.413. The van der Waals surface area contributed by atoms with Gasteiger partial charge in [0, 0.05) is 6.61 Å². The van der Waals surface area contributed by atoms with Crippen LogP contribution in [0.4, 0.5) is 0 Å². The van der Waals surface area contributed by atoms with Crippen LogP contribution in [0.15, 0.2) is 11.6 Å². The quantitative estimate of drug-likeness (QED) is 0.558. The van der Waals surface area contributed by atoms with Gasteiger partial charge in [-0.1, -0.05) is 19.6 Å². The Morgan fingerprint density at radius 2 is 1.88 bits per heavy atom. The number of rotatable bonds is 3. The predicted molar refractivity (Wildman–Crippen MR) is 70.3 cm³/mol. The summed E-state index contributed by atoms with van der Waals surface area (Å²) in [6, 6.07) is 0. The van der Waals surface area contributed by atoms with Crippen LogP contribution in [0, 0.1) is 0 Å². The van der Waals surface area contributed by atoms with E-state index >= 15 is 0 Å². The van der Waals surface area contributed by atoms with E-state index in [2.05, 4.69) is 26.6 Å². The normalized spacial score (nSPS) is 27.9. The molecule has 0 saturated carbocycles. The zero-order valence-electron chi connectivity index (χ0n) is 11.2. The minimum atomic E-state index is -1.48. The Balaban J connectivity index is 3.09. The van der Waals surface area contributed by atoms with Crippen molar-refractivity contribution < 1.29 is 9.53 Å². The van der Waals surface area contributed by atoms with E-state index in [1.165, 1.54) is 6.42 Å². The van der Waals surface area contributed by atoms with Gasteiger partial charge in [0.15, 0.2) is 5.78 Å². The largest absolute Gasteiger partial charge is 0.374 e. The second-order valence-corrected chi connectivity index (χ2v) is 11.1. The van der Waals surface area contributed by atoms with Crippen LogP contribution in [0.1, 0.15) is 33.1 Å². The second kappa shape index (κ2) is 4.84. The summed E-state index contributed by atoms with van der Waals surface area (Å²) in [6.45, 7) is 11.5. The lowest BCUT2D eigenvalue weighted by atomic mass is 10.0. The Bertz CT molecular complexity index is 294. The Morgan fingerprint density at radius 3 is 2.25 bits per heavy atom. The molecule has 0 amide bonds. The predicted octanol–water partition coefficient (Wildman–Crippen LogP) is 3.34. The molecule has 0 N–H and O–H groups in total. The molecule has 92 valence electrons. The molecular weight excluding hydrogens is 216 g/mol. The van der Waals surface area contributed by atoms with E-state index in [1.54, 1.807) is 13.0 Å². The van der Waals surface area contributed by atoms with E-state index in [1.807, 2.05) is 0 Å². The summed E-state index contributed by atoms with van der Waals surface area (Å²) in [4.78, 5) is 11.2. The molecule has 2 nitrogen and oxygen atoms in total. The molecule has 1 fully saturated rings. The first-order valence-electron chi connectivity index (χ1n) is 6.13. The van der Waals surface area contributed by atoms with Crippen LogP contribution >= 0.6 is 0 Å². The number of ether oxygens (including phenoxy) is 1. The molecule has 3 heteroatoms. The molecule has 1 heterocycles. The highest BCUT2D eigenvalue weighted by Gasteiger charge is 2.46. The van der Waals surface area contributed by atoms with Gasteiger partial charge in [-0.25, -0.2) is 0 Å². The van der Waals surface area contributed by atoms with Crippen LogP contribution in [0.2, 0.25) is 19.6 Å². The van der Waals surface area contributed by atoms with Gasteiger partial charge in [0.25, 0.3) is 0 Å². The first kappa shape index (κ1) is 13.7. The SMILES string of the molecule is CC(=O)C=C(C)C1([Si](C)(C)C)CCCCO1. The highest BCUT2D eigenvalue weighted by Crippen LogP contribution is 2.39. The molecule has 1 aliphatic rings. The monoisotopic (exact) mass is 240 g/mol. The van der Waals surface area contributed by atoms with Crippen LogP contribution in [0.5, 0.6) is 0 Å². The Morgan fingerprint density at radius 1 is 1.25 bits per heavy atom. The molecule has 1 aliphatic heterocycles. The van der Waals surface area contributed by atoms with Crippen LogP contribution in [-0.2, 0) is 9.53 Å². The number of hydrogen-bond donors (Lipinski definition) is 0. The number of ketones is 1. The van der Waals surface area contributed by atoms with Crippen molar-refractivity contribution in [3.63, 3.8) is 0 Å². The average molecular weight is 240 g/mol. The van der Waals surface area contributed by atoms with E-state index in [4.69, 9.17) is 4.74 Å². The fourth-order valence-electron chi connectivity index (χ4n) is 2.71. The van der Waals surface area contributed by atoms with E-state index in [-0.39, 0.29) is 11.0 Å². The van der Waals surface area contributed by atoms with E-state index < -0.39 is 8.07 Å². The van der Waals surface area contributed by atoms with Crippen molar-refractivity contribution in [2.45, 2.75) is 58.0 Å². The number of allylic oxidation sites excluding steroid dienone is 1. The van der Waals surface area contributed by atoms with Crippen LogP contribution in [-0.4, -0.2) is 25.7 Å². The van der Waals surface area contributed by atoms with Crippen LogP contribution < -0.4 is 0 Å². The zero-order valence-corrected chi connectivity index (χ0v) is 12.2. The molecule has 0 aromatic carbocycles. The van der Waals surface area contributed by atoms with Gasteiger partial charge >= 0.3 is 0 Å². The fraction of sp³-hybridized carbons (Fsp3) is 0.769. The smallest absolute Gasteiger partial charge is 0.152 e. The molecule has 1 rings (SSSR count). The fourth-order valence-corrected chi connectivity index (χ4v) is 5.43. The summed E-state index contributed by atoms with van der Waals surface area (Å²) in [6.07, 6.45) is 5.22. The molecule has 0 spiro atoms. The maximum absolute atomic E-state index is 11.2. The lowest BCUT2D eigenvalue weighted by Gasteiger charge is -2.47. The van der Waals surface area contributed by atoms with Gasteiger partial charge in [-0.2, -0.15) is 0 Å². The topological polar surface area (TPSA) is 26.3 Å². The molecule has 0 aliphatic carbocycles. The van der Waals surface area contributed by atoms with Crippen molar-refractivity contribution in [3.8, 4) is 0 Å². The van der Waals surface area contributed by atoms with Gasteiger partial charge in [0.2, 0.25) is 0 Å². The lowest BCUT2D eigenvalue weighted by molar-refractivity contribution is -0.112. The summed E-state index contributed by atoms with van der Waals surface area (Å²) in [5.74, 6) is 0.129. The number of carbonyl (C=O) groups excluding carboxylic acids is 1. The molecule has 0 aromatic heterocycles. The Kier molecular flexibility index (Phi) is 4.13. The van der Waals surface area contributed by atoms with Crippen molar-refractivity contribution in [2.24, 2.45) is 0 Å². The standard InChI is InChI=1S/C13H24O2Si/c1-11(10-12(2)14)13(16(3,4)5)8-6-7-9-15-13/h10H,6-9H2,1-5H3. The summed E-state index contributed by atoms with van der Waals surface area (Å²) in [7, 11) is -1.48. The highest BCUT2D eigenvalue weighted by atomic mass is 28.3. The first-order valence-corrected chi connectivity index (χ1v) is 9.63. The zero-order chi connectivity index (χ0) is 12.4. The third kappa shape index (κ3) is 2.63. The lowest BCUT2D eigenvalue weighted by Crippen LogP contribution is -2.56. The summed E-state index contributed by atoms with van der Waals surface area (Å²) in [5, 5.41) is -0.114. The maximum atomic E-state index is 11.2. The minimum absolute atomic E-state index is 0.114. The summed E-state index contributed by atoms with van der Waals surface area (Å²) >= 11 is 0. The van der Waals surface area contributed by atoms with E-state index in [0.717, 1.165) is 25.0 Å². The number of hydrogen-bond acceptors (Lipinski definition) is 2. The first-order chi connectivity index (χ1) is 7.29. The molecular formula is C13H24O2Si. The summed E-state index contributed by atoms with van der Waals surface area (Å²) < 4.78 is 6.13. The molecule has 1 saturated heterocycles. The van der Waals surface area contributed by atoms with E-state index in [0.29, 0.717) is 0 Å². The minimum Gasteiger partial charge on any atom is -0.374 e. The van der Waals surface area contributed by atoms with Gasteiger partial charge in [-0.3, -0.25) is 4.79 Å². The molecule has 1 unspecified atom stereocenters. The molecule has 0 aromatic rings. The van der Waals surface area contributed by atoms with Gasteiger partial charge in [-0.05, 0) is 44.8 Å². The Labute approximate surface area is 100 Å². The third-order valence-corrected chi connectivity index (χ3v) is 6.75. The summed E-state index contributed by atoms with van der Waals surface area (Å²) in [5.41, 5.74) is 1.14. The van der Waals surface area contributed by atoms with Gasteiger partial charge in [0.1, 0.15) is 0 Å². The van der Waals surface area contributed by atoms with Gasteiger partial charge in [0.05, 0.1) is 13.3 Å². The average Bonchev–Trinajstić information content (AvgIpc) is 2.16. The van der Waals surface area contributed by atoms with Crippen molar-refractivity contribution in [1.29, 1.82) is 0 Å². The molecule has 1 atom stereocenters. The van der Waals surface area contributed by atoms with Crippen molar-refractivity contribution >= 4 is 13.9 Å². The van der Waals surface area contributed by atoms with Gasteiger partial charge in [-0.15, -0.1) is 0 Å². The highest BCUT2D eigenvalue weighted by molar-refractivity contribution is 6.79. The third-order valence-electron chi connectivity index (χ3n) is 3.54. The molecule has 16 heavy (non-hydrogen) atoms. The van der Waals surface area contributed by atoms with Crippen LogP contribution in [0.3, 0.4) is 0 Å². The number of carbonyl (C=O) groups is 1. The van der Waals surface area contributed by atoms with Gasteiger partial charge < -0.3 is 4.74 Å². The maximum Gasteiger partial charge on any atom is 0.152 e.